The molecule has 0 bridgehead atoms. The van der Waals surface area contributed by atoms with E-state index in [1.54, 1.807) is 12.3 Å². The molecule has 0 radical (unpaired) electrons. The number of anilines is 1. The number of ether oxygens (including phenoxy) is 1. The van der Waals surface area contributed by atoms with Gasteiger partial charge in [-0.25, -0.2) is 4.98 Å². The molecule has 1 aliphatic heterocycles. The number of benzene rings is 1. The number of amides is 1. The lowest BCUT2D eigenvalue weighted by molar-refractivity contribution is 0.100. The number of carbonyl (C=O) groups excluding carboxylic acids is 1. The van der Waals surface area contributed by atoms with E-state index >= 15 is 0 Å². The maximum atomic E-state index is 11.6. The molecular weight excluding hydrogens is 346 g/mol. The molecular formula is C16H16BrN3O2. The Bertz CT molecular complexity index is 678. The second-order valence-electron chi connectivity index (χ2n) is 5.17. The molecule has 6 heteroatoms. The molecule has 0 saturated carbocycles. The first kappa shape index (κ1) is 14.8. The Balaban J connectivity index is 1.74. The van der Waals surface area contributed by atoms with Crippen LogP contribution >= 0.6 is 15.9 Å². The SMILES string of the molecule is NC(=O)c1cc(Br)ccc1N1CCC(Oc2ccccn2)C1. The van der Waals surface area contributed by atoms with Crippen LogP contribution in [0.15, 0.2) is 47.1 Å². The summed E-state index contributed by atoms with van der Waals surface area (Å²) in [5, 5.41) is 0. The fraction of sp³-hybridized carbons (Fsp3) is 0.250. The standard InChI is InChI=1S/C16H16BrN3O2/c17-11-4-5-14(13(9-11)16(18)21)20-8-6-12(10-20)22-15-3-1-2-7-19-15/h1-5,7,9,12H,6,8,10H2,(H2,18,21). The van der Waals surface area contributed by atoms with E-state index in [9.17, 15) is 4.79 Å². The fourth-order valence-electron chi connectivity index (χ4n) is 2.61. The van der Waals surface area contributed by atoms with Gasteiger partial charge >= 0.3 is 0 Å². The van der Waals surface area contributed by atoms with Crippen molar-refractivity contribution >= 4 is 27.5 Å². The monoisotopic (exact) mass is 361 g/mol. The van der Waals surface area contributed by atoms with Crippen LogP contribution in [0, 0.1) is 0 Å². The topological polar surface area (TPSA) is 68.5 Å². The molecule has 1 amide bonds. The third-order valence-corrected chi connectivity index (χ3v) is 4.13. The largest absolute Gasteiger partial charge is 0.472 e. The van der Waals surface area contributed by atoms with E-state index in [2.05, 4.69) is 25.8 Å². The van der Waals surface area contributed by atoms with Gasteiger partial charge in [-0.15, -0.1) is 0 Å². The number of primary amides is 1. The predicted molar refractivity (Wildman–Crippen MR) is 88.1 cm³/mol. The molecule has 1 aromatic carbocycles. The van der Waals surface area contributed by atoms with E-state index < -0.39 is 5.91 Å². The molecule has 22 heavy (non-hydrogen) atoms. The van der Waals surface area contributed by atoms with Crippen LogP contribution in [0.3, 0.4) is 0 Å². The number of aromatic nitrogens is 1. The second kappa shape index (κ2) is 6.36. The number of nitrogens with zero attached hydrogens (tertiary/aromatic N) is 2. The van der Waals surface area contributed by atoms with E-state index in [0.717, 1.165) is 23.1 Å². The van der Waals surface area contributed by atoms with Crippen LogP contribution in [0.1, 0.15) is 16.8 Å². The summed E-state index contributed by atoms with van der Waals surface area (Å²) in [6, 6.07) is 11.2. The highest BCUT2D eigenvalue weighted by Crippen LogP contribution is 2.28. The Hall–Kier alpha value is -2.08. The fourth-order valence-corrected chi connectivity index (χ4v) is 2.97. The molecule has 1 unspecified atom stereocenters. The van der Waals surface area contributed by atoms with Gasteiger partial charge in [0.25, 0.3) is 5.91 Å². The first-order valence-electron chi connectivity index (χ1n) is 7.05. The predicted octanol–water partition coefficient (Wildman–Crippen LogP) is 2.60. The summed E-state index contributed by atoms with van der Waals surface area (Å²) >= 11 is 3.37. The first-order valence-corrected chi connectivity index (χ1v) is 7.85. The smallest absolute Gasteiger partial charge is 0.250 e. The average Bonchev–Trinajstić information content (AvgIpc) is 2.96. The van der Waals surface area contributed by atoms with Crippen LogP contribution in [0.25, 0.3) is 0 Å². The lowest BCUT2D eigenvalue weighted by Crippen LogP contribution is -2.27. The summed E-state index contributed by atoms with van der Waals surface area (Å²) in [5.74, 6) is 0.200. The number of halogens is 1. The molecule has 2 N–H and O–H groups in total. The van der Waals surface area contributed by atoms with Crippen LogP contribution in [0.4, 0.5) is 5.69 Å². The van der Waals surface area contributed by atoms with Crippen LogP contribution in [0.5, 0.6) is 5.88 Å². The summed E-state index contributed by atoms with van der Waals surface area (Å²) in [7, 11) is 0. The molecule has 1 fully saturated rings. The molecule has 2 aromatic rings. The lowest BCUT2D eigenvalue weighted by Gasteiger charge is -2.21. The Kier molecular flexibility index (Phi) is 4.29. The number of hydrogen-bond acceptors (Lipinski definition) is 4. The number of nitrogens with two attached hydrogens (primary N) is 1. The molecule has 5 nitrogen and oxygen atoms in total. The zero-order chi connectivity index (χ0) is 15.5. The normalized spacial score (nSPS) is 17.5. The Morgan fingerprint density at radius 1 is 1.36 bits per heavy atom. The van der Waals surface area contributed by atoms with Crippen LogP contribution < -0.4 is 15.4 Å². The van der Waals surface area contributed by atoms with Crippen molar-refractivity contribution in [2.45, 2.75) is 12.5 Å². The number of hydrogen-bond donors (Lipinski definition) is 1. The summed E-state index contributed by atoms with van der Waals surface area (Å²) in [4.78, 5) is 17.9. The van der Waals surface area contributed by atoms with Crippen molar-refractivity contribution in [3.05, 3.63) is 52.6 Å². The van der Waals surface area contributed by atoms with Crippen molar-refractivity contribution in [1.82, 2.24) is 4.98 Å². The Morgan fingerprint density at radius 2 is 2.23 bits per heavy atom. The molecule has 2 heterocycles. The van der Waals surface area contributed by atoms with E-state index in [-0.39, 0.29) is 6.10 Å². The van der Waals surface area contributed by atoms with E-state index in [4.69, 9.17) is 10.5 Å². The van der Waals surface area contributed by atoms with E-state index in [0.29, 0.717) is 18.0 Å². The van der Waals surface area contributed by atoms with Crippen LogP contribution in [-0.4, -0.2) is 30.1 Å². The lowest BCUT2D eigenvalue weighted by atomic mass is 10.1. The van der Waals surface area contributed by atoms with Crippen LogP contribution in [0.2, 0.25) is 0 Å². The minimum Gasteiger partial charge on any atom is -0.472 e. The van der Waals surface area contributed by atoms with Gasteiger partial charge < -0.3 is 15.4 Å². The van der Waals surface area contributed by atoms with Crippen molar-refractivity contribution in [2.75, 3.05) is 18.0 Å². The van der Waals surface area contributed by atoms with Gasteiger partial charge in [0.1, 0.15) is 6.10 Å². The zero-order valence-corrected chi connectivity index (χ0v) is 13.5. The summed E-state index contributed by atoms with van der Waals surface area (Å²) in [5.41, 5.74) is 6.85. The van der Waals surface area contributed by atoms with Gasteiger partial charge in [-0.2, -0.15) is 0 Å². The minimum absolute atomic E-state index is 0.0549. The number of rotatable bonds is 4. The Morgan fingerprint density at radius 3 is 2.95 bits per heavy atom. The zero-order valence-electron chi connectivity index (χ0n) is 11.9. The van der Waals surface area contributed by atoms with Crippen molar-refractivity contribution in [3.8, 4) is 5.88 Å². The molecule has 0 aliphatic carbocycles. The maximum Gasteiger partial charge on any atom is 0.250 e. The highest BCUT2D eigenvalue weighted by atomic mass is 79.9. The summed E-state index contributed by atoms with van der Waals surface area (Å²) in [6.45, 7) is 1.53. The van der Waals surface area contributed by atoms with Crippen LogP contribution in [-0.2, 0) is 0 Å². The molecule has 1 saturated heterocycles. The molecule has 114 valence electrons. The van der Waals surface area contributed by atoms with Crippen molar-refractivity contribution in [2.24, 2.45) is 5.73 Å². The Labute approximate surface area is 137 Å². The van der Waals surface area contributed by atoms with Gasteiger partial charge in [-0.3, -0.25) is 4.79 Å². The second-order valence-corrected chi connectivity index (χ2v) is 6.08. The van der Waals surface area contributed by atoms with Crippen molar-refractivity contribution in [3.63, 3.8) is 0 Å². The first-order chi connectivity index (χ1) is 10.6. The van der Waals surface area contributed by atoms with E-state index in [1.165, 1.54) is 0 Å². The summed E-state index contributed by atoms with van der Waals surface area (Å²) < 4.78 is 6.71. The van der Waals surface area contributed by atoms with Gasteiger partial charge in [0, 0.05) is 35.4 Å². The highest BCUT2D eigenvalue weighted by Gasteiger charge is 2.27. The van der Waals surface area contributed by atoms with Crippen molar-refractivity contribution in [1.29, 1.82) is 0 Å². The quantitative estimate of drug-likeness (QED) is 0.908. The molecule has 3 rings (SSSR count). The van der Waals surface area contributed by atoms with E-state index in [1.807, 2.05) is 30.3 Å². The summed E-state index contributed by atoms with van der Waals surface area (Å²) in [6.07, 6.45) is 2.64. The van der Waals surface area contributed by atoms with Crippen molar-refractivity contribution < 1.29 is 9.53 Å². The van der Waals surface area contributed by atoms with Gasteiger partial charge in [0.2, 0.25) is 5.88 Å². The number of carbonyl (C=O) groups is 1. The van der Waals surface area contributed by atoms with Gasteiger partial charge in [0.05, 0.1) is 12.1 Å². The third kappa shape index (κ3) is 3.22. The highest BCUT2D eigenvalue weighted by molar-refractivity contribution is 9.10. The van der Waals surface area contributed by atoms with Gasteiger partial charge in [-0.1, -0.05) is 22.0 Å². The molecule has 1 aliphatic rings. The average molecular weight is 362 g/mol. The van der Waals surface area contributed by atoms with Gasteiger partial charge in [0.15, 0.2) is 0 Å². The maximum absolute atomic E-state index is 11.6. The molecule has 1 aromatic heterocycles. The third-order valence-electron chi connectivity index (χ3n) is 3.63. The number of pyridine rings is 1. The molecule has 1 atom stereocenters. The molecule has 0 spiro atoms. The van der Waals surface area contributed by atoms with Gasteiger partial charge in [-0.05, 0) is 24.3 Å². The minimum atomic E-state index is -0.426.